The van der Waals surface area contributed by atoms with Crippen molar-refractivity contribution in [3.8, 4) is 0 Å². The van der Waals surface area contributed by atoms with Crippen LogP contribution in [0.5, 0.6) is 0 Å². The van der Waals surface area contributed by atoms with Gasteiger partial charge in [-0.3, -0.25) is 9.89 Å². The standard InChI is InChI=1S/C14H15N5O/c1-8(9-5-17-18-6-9)19-14(20)12-7-16-13-4-10(15)2-3-11(12)13/h2-8,16H,15H2,1H3,(H,17,18)(H,19,20). The topological polar surface area (TPSA) is 99.6 Å². The molecule has 6 heteroatoms. The molecule has 0 aliphatic heterocycles. The van der Waals surface area contributed by atoms with Crippen molar-refractivity contribution in [2.24, 2.45) is 0 Å². The normalized spacial score (nSPS) is 12.4. The van der Waals surface area contributed by atoms with Crippen LogP contribution in [0.15, 0.2) is 36.8 Å². The van der Waals surface area contributed by atoms with E-state index in [2.05, 4.69) is 20.5 Å². The second-order valence-corrected chi connectivity index (χ2v) is 4.73. The van der Waals surface area contributed by atoms with Crippen LogP contribution in [0.1, 0.15) is 28.9 Å². The second kappa shape index (κ2) is 4.73. The summed E-state index contributed by atoms with van der Waals surface area (Å²) in [6.45, 7) is 1.91. The van der Waals surface area contributed by atoms with Crippen LogP contribution in [-0.4, -0.2) is 21.1 Å². The maximum Gasteiger partial charge on any atom is 0.253 e. The Labute approximate surface area is 115 Å². The van der Waals surface area contributed by atoms with Gasteiger partial charge in [0.25, 0.3) is 5.91 Å². The summed E-state index contributed by atoms with van der Waals surface area (Å²) in [5, 5.41) is 10.4. The van der Waals surface area contributed by atoms with Crippen LogP contribution < -0.4 is 11.1 Å². The number of hydrogen-bond donors (Lipinski definition) is 4. The van der Waals surface area contributed by atoms with Crippen LogP contribution in [0.4, 0.5) is 5.69 Å². The van der Waals surface area contributed by atoms with Gasteiger partial charge < -0.3 is 16.0 Å². The molecule has 3 aromatic rings. The lowest BCUT2D eigenvalue weighted by Gasteiger charge is -2.11. The lowest BCUT2D eigenvalue weighted by molar-refractivity contribution is 0.0941. The summed E-state index contributed by atoms with van der Waals surface area (Å²) in [5.74, 6) is -0.130. The maximum atomic E-state index is 12.3. The van der Waals surface area contributed by atoms with Crippen molar-refractivity contribution in [1.29, 1.82) is 0 Å². The molecule has 6 nitrogen and oxygen atoms in total. The molecule has 20 heavy (non-hydrogen) atoms. The van der Waals surface area contributed by atoms with Crippen LogP contribution in [0.3, 0.4) is 0 Å². The first kappa shape index (κ1) is 12.3. The highest BCUT2D eigenvalue weighted by Crippen LogP contribution is 2.21. The Morgan fingerprint density at radius 1 is 1.40 bits per heavy atom. The van der Waals surface area contributed by atoms with Crippen LogP contribution in [0.2, 0.25) is 0 Å². The first-order valence-electron chi connectivity index (χ1n) is 6.31. The molecule has 1 aromatic carbocycles. The molecule has 0 saturated carbocycles. The third-order valence-electron chi connectivity index (χ3n) is 3.32. The van der Waals surface area contributed by atoms with E-state index in [-0.39, 0.29) is 11.9 Å². The molecule has 1 atom stereocenters. The fraction of sp³-hybridized carbons (Fsp3) is 0.143. The molecule has 0 fully saturated rings. The number of nitrogens with one attached hydrogen (secondary N) is 3. The number of nitrogen functional groups attached to an aromatic ring is 1. The number of benzene rings is 1. The van der Waals surface area contributed by atoms with E-state index in [1.54, 1.807) is 24.7 Å². The van der Waals surface area contributed by atoms with Crippen molar-refractivity contribution in [2.45, 2.75) is 13.0 Å². The summed E-state index contributed by atoms with van der Waals surface area (Å²) in [7, 11) is 0. The van der Waals surface area contributed by atoms with Crippen molar-refractivity contribution in [3.05, 3.63) is 47.9 Å². The number of nitrogens with zero attached hydrogens (tertiary/aromatic N) is 1. The molecule has 0 aliphatic carbocycles. The van der Waals surface area contributed by atoms with Gasteiger partial charge in [-0.05, 0) is 25.1 Å². The Kier molecular flexibility index (Phi) is 2.90. The number of nitrogens with two attached hydrogens (primary N) is 1. The third kappa shape index (κ3) is 2.11. The van der Waals surface area contributed by atoms with Crippen molar-refractivity contribution < 1.29 is 4.79 Å². The SMILES string of the molecule is CC(NC(=O)c1c[nH]c2cc(N)ccc12)c1cn[nH]c1. The Hall–Kier alpha value is -2.76. The van der Waals surface area contributed by atoms with Gasteiger partial charge in [-0.1, -0.05) is 0 Å². The average molecular weight is 269 g/mol. The van der Waals surface area contributed by atoms with Crippen LogP contribution >= 0.6 is 0 Å². The number of hydrogen-bond acceptors (Lipinski definition) is 3. The minimum Gasteiger partial charge on any atom is -0.399 e. The first-order valence-corrected chi connectivity index (χ1v) is 6.31. The summed E-state index contributed by atoms with van der Waals surface area (Å²) in [4.78, 5) is 15.4. The monoisotopic (exact) mass is 269 g/mol. The van der Waals surface area contributed by atoms with E-state index in [4.69, 9.17) is 5.73 Å². The second-order valence-electron chi connectivity index (χ2n) is 4.73. The Morgan fingerprint density at radius 3 is 3.00 bits per heavy atom. The highest BCUT2D eigenvalue weighted by molar-refractivity contribution is 6.07. The Balaban J connectivity index is 1.86. The first-order chi connectivity index (χ1) is 9.65. The predicted octanol–water partition coefficient (Wildman–Crippen LogP) is 1.96. The minimum atomic E-state index is -0.130. The number of aromatic nitrogens is 3. The number of fused-ring (bicyclic) bond motifs is 1. The Morgan fingerprint density at radius 2 is 2.25 bits per heavy atom. The largest absolute Gasteiger partial charge is 0.399 e. The molecular weight excluding hydrogens is 254 g/mol. The Bertz CT molecular complexity index is 744. The molecule has 3 rings (SSSR count). The van der Waals surface area contributed by atoms with E-state index in [1.807, 2.05) is 19.1 Å². The van der Waals surface area contributed by atoms with E-state index in [9.17, 15) is 4.79 Å². The maximum absolute atomic E-state index is 12.3. The van der Waals surface area contributed by atoms with Gasteiger partial charge in [0.05, 0.1) is 17.8 Å². The third-order valence-corrected chi connectivity index (χ3v) is 3.32. The van der Waals surface area contributed by atoms with Gasteiger partial charge in [0.1, 0.15) is 0 Å². The molecule has 0 saturated heterocycles. The molecule has 5 N–H and O–H groups in total. The number of rotatable bonds is 3. The molecule has 0 radical (unpaired) electrons. The molecule has 1 amide bonds. The number of aromatic amines is 2. The summed E-state index contributed by atoms with van der Waals surface area (Å²) in [5.41, 5.74) is 8.78. The van der Waals surface area contributed by atoms with E-state index < -0.39 is 0 Å². The highest BCUT2D eigenvalue weighted by atomic mass is 16.1. The summed E-state index contributed by atoms with van der Waals surface area (Å²) >= 11 is 0. The zero-order valence-corrected chi connectivity index (χ0v) is 11.0. The fourth-order valence-electron chi connectivity index (χ4n) is 2.19. The molecular formula is C14H15N5O. The number of H-pyrrole nitrogens is 2. The average Bonchev–Trinajstić information content (AvgIpc) is 3.07. The number of carbonyl (C=O) groups is 1. The minimum absolute atomic E-state index is 0.111. The van der Waals surface area contributed by atoms with Crippen LogP contribution in [0, 0.1) is 0 Å². The lowest BCUT2D eigenvalue weighted by atomic mass is 10.1. The molecule has 2 aromatic heterocycles. The van der Waals surface area contributed by atoms with Gasteiger partial charge in [-0.2, -0.15) is 5.10 Å². The van der Waals surface area contributed by atoms with Gasteiger partial charge in [-0.15, -0.1) is 0 Å². The van der Waals surface area contributed by atoms with Crippen molar-refractivity contribution in [2.75, 3.05) is 5.73 Å². The smallest absolute Gasteiger partial charge is 0.253 e. The molecule has 0 bridgehead atoms. The quantitative estimate of drug-likeness (QED) is 0.547. The number of anilines is 1. The molecule has 1 unspecified atom stereocenters. The molecule has 0 spiro atoms. The van der Waals surface area contributed by atoms with Crippen LogP contribution in [-0.2, 0) is 0 Å². The summed E-state index contributed by atoms with van der Waals surface area (Å²) in [6, 6.07) is 5.33. The zero-order valence-electron chi connectivity index (χ0n) is 11.0. The molecule has 2 heterocycles. The summed E-state index contributed by atoms with van der Waals surface area (Å²) < 4.78 is 0. The number of carbonyl (C=O) groups excluding carboxylic acids is 1. The van der Waals surface area contributed by atoms with Crippen molar-refractivity contribution >= 4 is 22.5 Å². The summed E-state index contributed by atoms with van der Waals surface area (Å²) in [6.07, 6.45) is 5.16. The van der Waals surface area contributed by atoms with Crippen LogP contribution in [0.25, 0.3) is 10.9 Å². The van der Waals surface area contributed by atoms with Crippen molar-refractivity contribution in [1.82, 2.24) is 20.5 Å². The lowest BCUT2D eigenvalue weighted by Crippen LogP contribution is -2.26. The van der Waals surface area contributed by atoms with E-state index in [1.165, 1.54) is 0 Å². The van der Waals surface area contributed by atoms with E-state index >= 15 is 0 Å². The highest BCUT2D eigenvalue weighted by Gasteiger charge is 2.15. The van der Waals surface area contributed by atoms with E-state index in [0.29, 0.717) is 11.3 Å². The van der Waals surface area contributed by atoms with E-state index in [0.717, 1.165) is 16.5 Å². The van der Waals surface area contributed by atoms with Gasteiger partial charge in [0, 0.05) is 34.5 Å². The van der Waals surface area contributed by atoms with Gasteiger partial charge in [-0.25, -0.2) is 0 Å². The number of amides is 1. The van der Waals surface area contributed by atoms with Gasteiger partial charge in [0.15, 0.2) is 0 Å². The predicted molar refractivity (Wildman–Crippen MR) is 77.2 cm³/mol. The molecule has 102 valence electrons. The molecule has 0 aliphatic rings. The van der Waals surface area contributed by atoms with Crippen molar-refractivity contribution in [3.63, 3.8) is 0 Å². The van der Waals surface area contributed by atoms with Gasteiger partial charge in [0.2, 0.25) is 0 Å². The fourth-order valence-corrected chi connectivity index (χ4v) is 2.19. The van der Waals surface area contributed by atoms with Gasteiger partial charge >= 0.3 is 0 Å². The zero-order chi connectivity index (χ0) is 14.1.